The van der Waals surface area contributed by atoms with Gasteiger partial charge < -0.3 is 9.90 Å². The quantitative estimate of drug-likeness (QED) is 0.580. The molecule has 0 spiro atoms. The molecule has 0 bridgehead atoms. The van der Waals surface area contributed by atoms with E-state index in [1.165, 1.54) is 0 Å². The Hall–Kier alpha value is 0.742. The first-order valence-corrected chi connectivity index (χ1v) is 3.39. The number of aromatic carboxylic acids is 1. The van der Waals surface area contributed by atoms with E-state index in [0.717, 1.165) is 11.1 Å². The molecule has 0 aromatic heterocycles. The summed E-state index contributed by atoms with van der Waals surface area (Å²) in [6, 6.07) is 5.12. The third kappa shape index (κ3) is 3.64. The van der Waals surface area contributed by atoms with Gasteiger partial charge in [0.2, 0.25) is 0 Å². The van der Waals surface area contributed by atoms with Crippen molar-refractivity contribution in [1.29, 1.82) is 0 Å². The molecule has 0 aliphatic rings. The zero-order valence-corrected chi connectivity index (χ0v) is 13.8. The number of aryl methyl sites for hydroxylation is 2. The summed E-state index contributed by atoms with van der Waals surface area (Å²) in [5.41, 5.74) is 2.15. The molecule has 3 heteroatoms. The smallest absolute Gasteiger partial charge is 0.545 e. The Morgan fingerprint density at radius 3 is 1.92 bits per heavy atom. The maximum absolute atomic E-state index is 10.4. The Morgan fingerprint density at radius 1 is 1.17 bits per heavy atom. The molecule has 0 N–H and O–H groups in total. The Bertz CT molecular complexity index is 274. The van der Waals surface area contributed by atoms with Gasteiger partial charge in [0.1, 0.15) is 0 Å². The van der Waals surface area contributed by atoms with Crippen molar-refractivity contribution in [3.63, 3.8) is 0 Å². The number of carboxylic acids is 1. The zero-order valence-electron chi connectivity index (χ0n) is 7.55. The standard InChI is InChI=1S/C9H10O2.Cs/c1-6-3-7(2)5-8(4-6)9(10)11;/h3-5H,1-2H3,(H,10,11);/q;+1/p-1. The normalized spacial score (nSPS) is 8.83. The summed E-state index contributed by atoms with van der Waals surface area (Å²) in [4.78, 5) is 10.4. The van der Waals surface area contributed by atoms with Crippen molar-refractivity contribution >= 4 is 5.97 Å². The van der Waals surface area contributed by atoms with Crippen molar-refractivity contribution in [2.75, 3.05) is 0 Å². The van der Waals surface area contributed by atoms with E-state index >= 15 is 0 Å². The molecule has 0 aliphatic heterocycles. The van der Waals surface area contributed by atoms with Gasteiger partial charge in [-0.1, -0.05) is 29.3 Å². The fraction of sp³-hybridized carbons (Fsp3) is 0.222. The largest absolute Gasteiger partial charge is 1.00 e. The number of carbonyl (C=O) groups excluding carboxylic acids is 1. The average Bonchev–Trinajstić information content (AvgIpc) is 1.85. The summed E-state index contributed by atoms with van der Waals surface area (Å²) >= 11 is 0. The van der Waals surface area contributed by atoms with Crippen LogP contribution >= 0.6 is 0 Å². The predicted octanol–water partition coefficient (Wildman–Crippen LogP) is -2.33. The minimum absolute atomic E-state index is 0. The van der Waals surface area contributed by atoms with Gasteiger partial charge in [0.05, 0.1) is 5.97 Å². The summed E-state index contributed by atoms with van der Waals surface area (Å²) in [5.74, 6) is -1.11. The number of hydrogen-bond donors (Lipinski definition) is 0. The molecule has 0 atom stereocenters. The van der Waals surface area contributed by atoms with Gasteiger partial charge in [-0.25, -0.2) is 0 Å². The molecule has 1 rings (SSSR count). The van der Waals surface area contributed by atoms with Gasteiger partial charge in [-0.3, -0.25) is 0 Å². The molecule has 0 radical (unpaired) electrons. The van der Waals surface area contributed by atoms with Gasteiger partial charge in [-0.2, -0.15) is 0 Å². The first-order chi connectivity index (χ1) is 5.09. The van der Waals surface area contributed by atoms with Crippen molar-refractivity contribution in [2.24, 2.45) is 0 Å². The van der Waals surface area contributed by atoms with Gasteiger partial charge in [-0.15, -0.1) is 0 Å². The molecule has 0 amide bonds. The van der Waals surface area contributed by atoms with Crippen LogP contribution in [0.5, 0.6) is 0 Å². The van der Waals surface area contributed by atoms with Crippen LogP contribution in [0.1, 0.15) is 21.5 Å². The van der Waals surface area contributed by atoms with Crippen molar-refractivity contribution in [3.8, 4) is 0 Å². The van der Waals surface area contributed by atoms with E-state index in [2.05, 4.69) is 0 Å². The molecule has 12 heavy (non-hydrogen) atoms. The monoisotopic (exact) mass is 282 g/mol. The van der Waals surface area contributed by atoms with E-state index in [1.807, 2.05) is 19.9 Å². The molecule has 0 aliphatic carbocycles. The molecule has 1 aromatic carbocycles. The van der Waals surface area contributed by atoms with Gasteiger partial charge >= 0.3 is 68.9 Å². The van der Waals surface area contributed by atoms with Crippen LogP contribution in [0.25, 0.3) is 0 Å². The van der Waals surface area contributed by atoms with Gasteiger partial charge in [-0.05, 0) is 19.4 Å². The van der Waals surface area contributed by atoms with Crippen LogP contribution in [-0.4, -0.2) is 5.97 Å². The topological polar surface area (TPSA) is 40.1 Å². The van der Waals surface area contributed by atoms with Crippen molar-refractivity contribution in [2.45, 2.75) is 13.8 Å². The Kier molecular flexibility index (Phi) is 5.81. The summed E-state index contributed by atoms with van der Waals surface area (Å²) in [5, 5.41) is 10.4. The van der Waals surface area contributed by atoms with E-state index < -0.39 is 5.97 Å². The molecule has 1 aromatic rings. The number of carboxylic acid groups (broad SMARTS) is 1. The maximum Gasteiger partial charge on any atom is 1.00 e. The minimum atomic E-state index is -1.11. The maximum atomic E-state index is 10.4. The van der Waals surface area contributed by atoms with E-state index in [-0.39, 0.29) is 74.5 Å². The summed E-state index contributed by atoms with van der Waals surface area (Å²) in [6.45, 7) is 3.72. The van der Waals surface area contributed by atoms with Gasteiger partial charge in [0, 0.05) is 0 Å². The molecule has 0 fully saturated rings. The first-order valence-electron chi connectivity index (χ1n) is 3.39. The Balaban J connectivity index is 0.00000121. The average molecular weight is 282 g/mol. The van der Waals surface area contributed by atoms with E-state index in [4.69, 9.17) is 0 Å². The van der Waals surface area contributed by atoms with Crippen LogP contribution in [-0.2, 0) is 0 Å². The van der Waals surface area contributed by atoms with Crippen LogP contribution in [0.4, 0.5) is 0 Å². The van der Waals surface area contributed by atoms with E-state index in [1.54, 1.807) is 12.1 Å². The summed E-state index contributed by atoms with van der Waals surface area (Å²) in [7, 11) is 0. The van der Waals surface area contributed by atoms with Gasteiger partial charge in [0.25, 0.3) is 0 Å². The predicted molar refractivity (Wildman–Crippen MR) is 40.2 cm³/mol. The number of hydrogen-bond acceptors (Lipinski definition) is 2. The molecular weight excluding hydrogens is 273 g/mol. The SMILES string of the molecule is Cc1cc(C)cc(C(=O)[O-])c1.[Cs+]. The summed E-state index contributed by atoms with van der Waals surface area (Å²) < 4.78 is 0. The molecule has 2 nitrogen and oxygen atoms in total. The van der Waals surface area contributed by atoms with Crippen LogP contribution in [0, 0.1) is 13.8 Å². The fourth-order valence-corrected chi connectivity index (χ4v) is 1.09. The Morgan fingerprint density at radius 2 is 1.58 bits per heavy atom. The third-order valence-corrected chi connectivity index (χ3v) is 1.46. The molecule has 0 heterocycles. The zero-order chi connectivity index (χ0) is 8.43. The van der Waals surface area contributed by atoms with Crippen LogP contribution in [0.3, 0.4) is 0 Å². The second-order valence-electron chi connectivity index (χ2n) is 2.66. The molecule has 58 valence electrons. The first kappa shape index (κ1) is 12.7. The van der Waals surface area contributed by atoms with Crippen LogP contribution < -0.4 is 74.0 Å². The number of carbonyl (C=O) groups is 1. The molecule has 0 unspecified atom stereocenters. The van der Waals surface area contributed by atoms with E-state index in [9.17, 15) is 9.90 Å². The molecule has 0 saturated heterocycles. The fourth-order valence-electron chi connectivity index (χ4n) is 1.09. The van der Waals surface area contributed by atoms with Crippen molar-refractivity contribution in [1.82, 2.24) is 0 Å². The number of benzene rings is 1. The summed E-state index contributed by atoms with van der Waals surface area (Å²) in [6.07, 6.45) is 0. The third-order valence-electron chi connectivity index (χ3n) is 1.46. The van der Waals surface area contributed by atoms with Crippen molar-refractivity contribution < 1.29 is 78.8 Å². The molecule has 0 saturated carbocycles. The Labute approximate surface area is 131 Å². The van der Waals surface area contributed by atoms with Crippen LogP contribution in [0.2, 0.25) is 0 Å². The second-order valence-corrected chi connectivity index (χ2v) is 2.66. The van der Waals surface area contributed by atoms with Crippen LogP contribution in [0.15, 0.2) is 18.2 Å². The minimum Gasteiger partial charge on any atom is -0.545 e. The van der Waals surface area contributed by atoms with Crippen molar-refractivity contribution in [3.05, 3.63) is 34.9 Å². The van der Waals surface area contributed by atoms with E-state index in [0.29, 0.717) is 0 Å². The molecular formula is C9H9CsO2. The van der Waals surface area contributed by atoms with Gasteiger partial charge in [0.15, 0.2) is 0 Å². The number of rotatable bonds is 1. The second kappa shape index (κ2) is 5.47.